The molecule has 0 bridgehead atoms. The molecule has 13 heavy (non-hydrogen) atoms. The zero-order chi connectivity index (χ0) is 9.53. The zero-order valence-electron chi connectivity index (χ0n) is 7.55. The fraction of sp³-hybridized carbons (Fsp3) is 0.889. The van der Waals surface area contributed by atoms with E-state index in [-0.39, 0.29) is 12.0 Å². The Morgan fingerprint density at radius 1 is 1.38 bits per heavy atom. The van der Waals surface area contributed by atoms with E-state index in [1.807, 2.05) is 0 Å². The third-order valence-corrected chi connectivity index (χ3v) is 3.77. The number of piperidine rings is 1. The van der Waals surface area contributed by atoms with E-state index < -0.39 is 11.4 Å². The highest BCUT2D eigenvalue weighted by molar-refractivity contribution is 5.80. The Morgan fingerprint density at radius 3 is 2.38 bits per heavy atom. The topological polar surface area (TPSA) is 69.6 Å². The number of carboxylic acid groups (broad SMARTS) is 1. The smallest absolute Gasteiger partial charge is 0.312 e. The third-order valence-electron chi connectivity index (χ3n) is 3.77. The quantitative estimate of drug-likeness (QED) is 0.558. The van der Waals surface area contributed by atoms with Crippen LogP contribution in [0.4, 0.5) is 0 Å². The fourth-order valence-electron chi connectivity index (χ4n) is 2.69. The molecule has 1 atom stereocenters. The highest BCUT2D eigenvalue weighted by Crippen LogP contribution is 2.68. The summed E-state index contributed by atoms with van der Waals surface area (Å²) in [7, 11) is 0. The number of nitrogens with one attached hydrogen (secondary N) is 1. The summed E-state index contributed by atoms with van der Waals surface area (Å²) < 4.78 is 0. The summed E-state index contributed by atoms with van der Waals surface area (Å²) in [5.41, 5.74) is -0.909. The minimum absolute atomic E-state index is 0.0984. The first-order valence-electron chi connectivity index (χ1n) is 4.72. The van der Waals surface area contributed by atoms with Crippen LogP contribution in [-0.4, -0.2) is 35.9 Å². The molecule has 2 rings (SSSR count). The molecule has 2 aliphatic rings. The van der Waals surface area contributed by atoms with Crippen molar-refractivity contribution >= 4 is 5.97 Å². The predicted octanol–water partition coefficient (Wildman–Crippen LogP) is -0.177. The van der Waals surface area contributed by atoms with Crippen molar-refractivity contribution < 1.29 is 15.0 Å². The molecule has 1 heterocycles. The van der Waals surface area contributed by atoms with Gasteiger partial charge in [-0.2, -0.15) is 0 Å². The van der Waals surface area contributed by atoms with Crippen molar-refractivity contribution in [3.63, 3.8) is 0 Å². The van der Waals surface area contributed by atoms with Crippen molar-refractivity contribution in [1.82, 2.24) is 5.32 Å². The molecule has 1 aliphatic carbocycles. The molecule has 4 heteroatoms. The average molecular weight is 185 g/mol. The number of hydrogen-bond donors (Lipinski definition) is 3. The van der Waals surface area contributed by atoms with E-state index in [1.165, 1.54) is 0 Å². The summed E-state index contributed by atoms with van der Waals surface area (Å²) >= 11 is 0. The van der Waals surface area contributed by atoms with Crippen LogP contribution in [0.1, 0.15) is 19.3 Å². The third kappa shape index (κ3) is 1.02. The molecular weight excluding hydrogens is 170 g/mol. The number of carboxylic acids is 1. The van der Waals surface area contributed by atoms with Crippen LogP contribution >= 0.6 is 0 Å². The number of hydrogen-bond acceptors (Lipinski definition) is 3. The van der Waals surface area contributed by atoms with Gasteiger partial charge in [0.2, 0.25) is 0 Å². The van der Waals surface area contributed by atoms with Crippen molar-refractivity contribution in [2.45, 2.75) is 19.3 Å². The predicted molar refractivity (Wildman–Crippen MR) is 46.3 cm³/mol. The van der Waals surface area contributed by atoms with Gasteiger partial charge in [-0.3, -0.25) is 4.79 Å². The van der Waals surface area contributed by atoms with Crippen LogP contribution in [0.2, 0.25) is 0 Å². The summed E-state index contributed by atoms with van der Waals surface area (Å²) in [6, 6.07) is 0. The summed E-state index contributed by atoms with van der Waals surface area (Å²) in [6.07, 6.45) is 2.44. The van der Waals surface area contributed by atoms with E-state index in [1.54, 1.807) is 0 Å². The minimum atomic E-state index is -0.822. The molecule has 0 amide bonds. The van der Waals surface area contributed by atoms with Crippen molar-refractivity contribution in [3.8, 4) is 0 Å². The van der Waals surface area contributed by atoms with Gasteiger partial charge in [0.1, 0.15) is 0 Å². The van der Waals surface area contributed by atoms with Crippen LogP contribution in [0.25, 0.3) is 0 Å². The second-order valence-electron chi connectivity index (χ2n) is 4.25. The van der Waals surface area contributed by atoms with E-state index in [0.717, 1.165) is 25.9 Å². The number of aliphatic hydroxyl groups excluding tert-OH is 1. The molecule has 1 saturated carbocycles. The molecule has 0 aromatic rings. The lowest BCUT2D eigenvalue weighted by Crippen LogP contribution is -2.36. The fourth-order valence-corrected chi connectivity index (χ4v) is 2.69. The highest BCUT2D eigenvalue weighted by atomic mass is 16.4. The van der Waals surface area contributed by atoms with Crippen LogP contribution in [0.5, 0.6) is 0 Å². The van der Waals surface area contributed by atoms with Crippen molar-refractivity contribution in [1.29, 1.82) is 0 Å². The van der Waals surface area contributed by atoms with E-state index in [0.29, 0.717) is 6.42 Å². The van der Waals surface area contributed by atoms with E-state index >= 15 is 0 Å². The van der Waals surface area contributed by atoms with Gasteiger partial charge in [-0.15, -0.1) is 0 Å². The molecule has 0 radical (unpaired) electrons. The maximum Gasteiger partial charge on any atom is 0.312 e. The van der Waals surface area contributed by atoms with Crippen molar-refractivity contribution in [2.75, 3.05) is 19.7 Å². The van der Waals surface area contributed by atoms with Crippen molar-refractivity contribution in [2.24, 2.45) is 10.8 Å². The molecular formula is C9H15NO3. The summed E-state index contributed by atoms with van der Waals surface area (Å²) in [5, 5.41) is 21.4. The Bertz CT molecular complexity index is 235. The lowest BCUT2D eigenvalue weighted by molar-refractivity contribution is -0.147. The Balaban J connectivity index is 2.15. The first-order valence-corrected chi connectivity index (χ1v) is 4.72. The Hall–Kier alpha value is -0.610. The van der Waals surface area contributed by atoms with Gasteiger partial charge >= 0.3 is 5.97 Å². The second-order valence-corrected chi connectivity index (χ2v) is 4.25. The largest absolute Gasteiger partial charge is 0.481 e. The maximum atomic E-state index is 11.0. The number of aliphatic carboxylic acids is 1. The van der Waals surface area contributed by atoms with E-state index in [2.05, 4.69) is 5.32 Å². The van der Waals surface area contributed by atoms with Gasteiger partial charge in [-0.1, -0.05) is 0 Å². The van der Waals surface area contributed by atoms with Gasteiger partial charge in [0.15, 0.2) is 0 Å². The second kappa shape index (κ2) is 2.69. The lowest BCUT2D eigenvalue weighted by Gasteiger charge is -2.26. The normalized spacial score (nSPS) is 36.1. The zero-order valence-corrected chi connectivity index (χ0v) is 7.55. The van der Waals surface area contributed by atoms with Crippen LogP contribution in [-0.2, 0) is 4.79 Å². The summed E-state index contributed by atoms with van der Waals surface area (Å²) in [6.45, 7) is 1.56. The lowest BCUT2D eigenvalue weighted by atomic mass is 9.85. The molecule has 3 N–H and O–H groups in total. The molecule has 1 aliphatic heterocycles. The first-order chi connectivity index (χ1) is 6.17. The van der Waals surface area contributed by atoms with Crippen LogP contribution in [0, 0.1) is 10.8 Å². The van der Waals surface area contributed by atoms with E-state index in [4.69, 9.17) is 10.2 Å². The highest BCUT2D eigenvalue weighted by Gasteiger charge is 2.71. The number of rotatable bonds is 2. The first kappa shape index (κ1) is 8.97. The maximum absolute atomic E-state index is 11.0. The number of carbonyl (C=O) groups is 1. The molecule has 0 aromatic heterocycles. The van der Waals surface area contributed by atoms with Crippen molar-refractivity contribution in [3.05, 3.63) is 0 Å². The molecule has 1 unspecified atom stereocenters. The van der Waals surface area contributed by atoms with Gasteiger partial charge in [0, 0.05) is 0 Å². The summed E-state index contributed by atoms with van der Waals surface area (Å²) in [5.74, 6) is -0.822. The Morgan fingerprint density at radius 2 is 2.00 bits per heavy atom. The Kier molecular flexibility index (Phi) is 1.85. The van der Waals surface area contributed by atoms with Gasteiger partial charge in [0.05, 0.1) is 12.0 Å². The molecule has 74 valence electrons. The minimum Gasteiger partial charge on any atom is -0.481 e. The number of aliphatic hydroxyl groups is 1. The SMILES string of the molecule is O=C(O)C1(CO)CC12CCNCC2. The average Bonchev–Trinajstić information content (AvgIpc) is 2.76. The van der Waals surface area contributed by atoms with Gasteiger partial charge < -0.3 is 15.5 Å². The summed E-state index contributed by atoms with van der Waals surface area (Å²) in [4.78, 5) is 11.0. The molecule has 1 spiro atoms. The monoisotopic (exact) mass is 185 g/mol. The van der Waals surface area contributed by atoms with Gasteiger partial charge in [-0.25, -0.2) is 0 Å². The van der Waals surface area contributed by atoms with Gasteiger partial charge in [0.25, 0.3) is 0 Å². The Labute approximate surface area is 76.9 Å². The molecule has 0 aromatic carbocycles. The molecule has 1 saturated heterocycles. The van der Waals surface area contributed by atoms with E-state index in [9.17, 15) is 4.79 Å². The van der Waals surface area contributed by atoms with Crippen LogP contribution in [0.15, 0.2) is 0 Å². The molecule has 4 nitrogen and oxygen atoms in total. The van der Waals surface area contributed by atoms with Crippen LogP contribution in [0.3, 0.4) is 0 Å². The van der Waals surface area contributed by atoms with Crippen LogP contribution < -0.4 is 5.32 Å². The standard InChI is InChI=1S/C9H15NO3/c11-6-9(7(12)13)5-8(9)1-3-10-4-2-8/h10-11H,1-6H2,(H,12,13). The molecule has 2 fully saturated rings. The van der Waals surface area contributed by atoms with Gasteiger partial charge in [-0.05, 0) is 37.8 Å².